The molecule has 1 unspecified atom stereocenters. The van der Waals surface area contributed by atoms with Crippen molar-refractivity contribution < 1.29 is 9.59 Å². The lowest BCUT2D eigenvalue weighted by Crippen LogP contribution is -2.43. The topological polar surface area (TPSA) is 52.7 Å². The number of amides is 3. The van der Waals surface area contributed by atoms with E-state index in [-0.39, 0.29) is 17.9 Å². The van der Waals surface area contributed by atoms with Gasteiger partial charge in [0.25, 0.3) is 0 Å². The molecule has 1 heterocycles. The van der Waals surface area contributed by atoms with Crippen LogP contribution in [-0.2, 0) is 4.79 Å². The molecule has 1 N–H and O–H groups in total. The first-order valence-corrected chi connectivity index (χ1v) is 8.43. The van der Waals surface area contributed by atoms with Crippen molar-refractivity contribution in [2.75, 3.05) is 32.7 Å². The lowest BCUT2D eigenvalue weighted by molar-refractivity contribution is -0.135. The molecule has 1 aliphatic carbocycles. The van der Waals surface area contributed by atoms with Crippen molar-refractivity contribution in [1.29, 1.82) is 0 Å². The van der Waals surface area contributed by atoms with E-state index in [1.807, 2.05) is 16.7 Å². The zero-order chi connectivity index (χ0) is 15.2. The second-order valence-electron chi connectivity index (χ2n) is 6.49. The van der Waals surface area contributed by atoms with Gasteiger partial charge in [-0.3, -0.25) is 4.79 Å². The van der Waals surface area contributed by atoms with E-state index in [0.717, 1.165) is 38.9 Å². The summed E-state index contributed by atoms with van der Waals surface area (Å²) in [5, 5.41) is 3.01. The van der Waals surface area contributed by atoms with Gasteiger partial charge in [0.1, 0.15) is 0 Å². The highest BCUT2D eigenvalue weighted by Crippen LogP contribution is 2.27. The van der Waals surface area contributed by atoms with E-state index in [1.54, 1.807) is 0 Å². The molecule has 2 rings (SSSR count). The molecule has 0 aromatic heterocycles. The predicted octanol–water partition coefficient (Wildman–Crippen LogP) is 2.08. The Morgan fingerprint density at radius 2 is 1.81 bits per heavy atom. The van der Waals surface area contributed by atoms with Crippen LogP contribution in [0.3, 0.4) is 0 Å². The van der Waals surface area contributed by atoms with Crippen molar-refractivity contribution in [3.8, 4) is 0 Å². The molecule has 3 amide bonds. The van der Waals surface area contributed by atoms with Gasteiger partial charge in [-0.25, -0.2) is 4.79 Å². The number of carbonyl (C=O) groups is 2. The molecule has 0 bridgehead atoms. The molecule has 21 heavy (non-hydrogen) atoms. The zero-order valence-electron chi connectivity index (χ0n) is 13.4. The Morgan fingerprint density at radius 1 is 1.14 bits per heavy atom. The smallest absolute Gasteiger partial charge is 0.317 e. The van der Waals surface area contributed by atoms with Crippen LogP contribution in [0.1, 0.15) is 46.0 Å². The number of hydrogen-bond acceptors (Lipinski definition) is 2. The van der Waals surface area contributed by atoms with Gasteiger partial charge in [-0.15, -0.1) is 0 Å². The van der Waals surface area contributed by atoms with Gasteiger partial charge in [0, 0.05) is 38.6 Å². The number of nitrogens with zero attached hydrogens (tertiary/aromatic N) is 2. The van der Waals surface area contributed by atoms with E-state index in [1.165, 1.54) is 12.8 Å². The predicted molar refractivity (Wildman–Crippen MR) is 83.0 cm³/mol. The summed E-state index contributed by atoms with van der Waals surface area (Å²) < 4.78 is 0. The Balaban J connectivity index is 1.77. The molecule has 120 valence electrons. The Bertz CT molecular complexity index is 369. The minimum Gasteiger partial charge on any atom is -0.341 e. The summed E-state index contributed by atoms with van der Waals surface area (Å²) in [6, 6.07) is 0.0396. The first kappa shape index (κ1) is 16.1. The highest BCUT2D eigenvalue weighted by molar-refractivity contribution is 5.79. The van der Waals surface area contributed by atoms with E-state index in [9.17, 15) is 9.59 Å². The van der Waals surface area contributed by atoms with E-state index < -0.39 is 0 Å². The lowest BCUT2D eigenvalue weighted by Gasteiger charge is -2.24. The fraction of sp³-hybridized carbons (Fsp3) is 0.875. The van der Waals surface area contributed by atoms with Gasteiger partial charge in [0.15, 0.2) is 0 Å². The third-order valence-corrected chi connectivity index (χ3v) is 4.48. The maximum Gasteiger partial charge on any atom is 0.317 e. The average molecular weight is 295 g/mol. The first-order chi connectivity index (χ1) is 10.1. The summed E-state index contributed by atoms with van der Waals surface area (Å²) in [6.45, 7) is 7.78. The van der Waals surface area contributed by atoms with Crippen LogP contribution in [0, 0.1) is 11.8 Å². The standard InChI is InChI=1S/C16H29N3O2/c1-3-5-13(2)15(20)18-8-4-9-19(11-10-18)16(21)17-12-14-6-7-14/h13-14H,3-12H2,1-2H3,(H,17,21). The summed E-state index contributed by atoms with van der Waals surface area (Å²) in [5.74, 6) is 1.05. The van der Waals surface area contributed by atoms with Crippen molar-refractivity contribution in [3.05, 3.63) is 0 Å². The number of nitrogens with one attached hydrogen (secondary N) is 1. The number of hydrogen-bond donors (Lipinski definition) is 1. The summed E-state index contributed by atoms with van der Waals surface area (Å²) in [6.07, 6.45) is 5.36. The van der Waals surface area contributed by atoms with Crippen molar-refractivity contribution >= 4 is 11.9 Å². The molecule has 1 atom stereocenters. The van der Waals surface area contributed by atoms with Crippen LogP contribution in [0.15, 0.2) is 0 Å². The van der Waals surface area contributed by atoms with Crippen molar-refractivity contribution in [3.63, 3.8) is 0 Å². The molecule has 2 aliphatic rings. The Hall–Kier alpha value is -1.26. The van der Waals surface area contributed by atoms with Gasteiger partial charge < -0.3 is 15.1 Å². The fourth-order valence-corrected chi connectivity index (χ4v) is 2.87. The maximum absolute atomic E-state index is 12.3. The normalized spacial score (nSPS) is 20.9. The maximum atomic E-state index is 12.3. The van der Waals surface area contributed by atoms with Crippen LogP contribution < -0.4 is 5.32 Å². The molecule has 1 aliphatic heterocycles. The van der Waals surface area contributed by atoms with Gasteiger partial charge in [-0.05, 0) is 31.6 Å². The molecule has 1 saturated heterocycles. The fourth-order valence-electron chi connectivity index (χ4n) is 2.87. The minimum atomic E-state index is 0.0396. The zero-order valence-corrected chi connectivity index (χ0v) is 13.4. The summed E-state index contributed by atoms with van der Waals surface area (Å²) in [4.78, 5) is 28.3. The van der Waals surface area contributed by atoms with Gasteiger partial charge in [-0.2, -0.15) is 0 Å². The first-order valence-electron chi connectivity index (χ1n) is 8.43. The minimum absolute atomic E-state index is 0.0396. The number of carbonyl (C=O) groups excluding carboxylic acids is 2. The van der Waals surface area contributed by atoms with Crippen LogP contribution in [0.2, 0.25) is 0 Å². The Morgan fingerprint density at radius 3 is 2.48 bits per heavy atom. The van der Waals surface area contributed by atoms with Gasteiger partial charge >= 0.3 is 6.03 Å². The highest BCUT2D eigenvalue weighted by atomic mass is 16.2. The van der Waals surface area contributed by atoms with Crippen LogP contribution >= 0.6 is 0 Å². The quantitative estimate of drug-likeness (QED) is 0.844. The monoisotopic (exact) mass is 295 g/mol. The average Bonchev–Trinajstić information content (AvgIpc) is 3.30. The molecule has 5 nitrogen and oxygen atoms in total. The Labute approximate surface area is 128 Å². The van der Waals surface area contributed by atoms with Crippen molar-refractivity contribution in [2.24, 2.45) is 11.8 Å². The second kappa shape index (κ2) is 7.66. The summed E-state index contributed by atoms with van der Waals surface area (Å²) in [7, 11) is 0. The molecule has 0 spiro atoms. The molecule has 0 aromatic rings. The van der Waals surface area contributed by atoms with Crippen molar-refractivity contribution in [2.45, 2.75) is 46.0 Å². The van der Waals surface area contributed by atoms with Crippen molar-refractivity contribution in [1.82, 2.24) is 15.1 Å². The third-order valence-electron chi connectivity index (χ3n) is 4.48. The highest BCUT2D eigenvalue weighted by Gasteiger charge is 2.26. The third kappa shape index (κ3) is 4.90. The molecular weight excluding hydrogens is 266 g/mol. The lowest BCUT2D eigenvalue weighted by atomic mass is 10.0. The van der Waals surface area contributed by atoms with E-state index in [2.05, 4.69) is 12.2 Å². The van der Waals surface area contributed by atoms with Crippen LogP contribution in [0.5, 0.6) is 0 Å². The number of rotatable bonds is 5. The summed E-state index contributed by atoms with van der Waals surface area (Å²) >= 11 is 0. The molecule has 1 saturated carbocycles. The molecule has 0 radical (unpaired) electrons. The van der Waals surface area contributed by atoms with E-state index in [4.69, 9.17) is 0 Å². The van der Waals surface area contributed by atoms with E-state index in [0.29, 0.717) is 19.0 Å². The SMILES string of the molecule is CCCC(C)C(=O)N1CCCN(C(=O)NCC2CC2)CC1. The van der Waals surface area contributed by atoms with Gasteiger partial charge in [-0.1, -0.05) is 20.3 Å². The van der Waals surface area contributed by atoms with Crippen LogP contribution in [-0.4, -0.2) is 54.5 Å². The van der Waals surface area contributed by atoms with E-state index >= 15 is 0 Å². The van der Waals surface area contributed by atoms with Gasteiger partial charge in [0.2, 0.25) is 5.91 Å². The summed E-state index contributed by atoms with van der Waals surface area (Å²) in [5.41, 5.74) is 0. The molecule has 5 heteroatoms. The number of urea groups is 1. The molecular formula is C16H29N3O2. The van der Waals surface area contributed by atoms with Crippen LogP contribution in [0.4, 0.5) is 4.79 Å². The molecule has 2 fully saturated rings. The second-order valence-corrected chi connectivity index (χ2v) is 6.49. The Kier molecular flexibility index (Phi) is 5.88. The largest absolute Gasteiger partial charge is 0.341 e. The van der Waals surface area contributed by atoms with Crippen LogP contribution in [0.25, 0.3) is 0 Å². The van der Waals surface area contributed by atoms with Gasteiger partial charge in [0.05, 0.1) is 0 Å². The molecule has 0 aromatic carbocycles.